The zero-order valence-corrected chi connectivity index (χ0v) is 12.9. The molecule has 1 aliphatic rings. The van der Waals surface area contributed by atoms with Crippen LogP contribution >= 0.6 is 0 Å². The van der Waals surface area contributed by atoms with E-state index in [4.69, 9.17) is 0 Å². The van der Waals surface area contributed by atoms with E-state index in [1.165, 1.54) is 43.2 Å². The molecule has 1 aromatic carbocycles. The smallest absolute Gasteiger partial charge is 0.203 e. The minimum absolute atomic E-state index is 0.641. The third-order valence-electron chi connectivity index (χ3n) is 4.58. The van der Waals surface area contributed by atoms with Gasteiger partial charge in [-0.15, -0.1) is 0 Å². The summed E-state index contributed by atoms with van der Waals surface area (Å²) in [5.74, 6) is 1.04. The Bertz CT molecular complexity index is 567. The van der Waals surface area contributed by atoms with Gasteiger partial charge in [0.2, 0.25) is 5.95 Å². The van der Waals surface area contributed by atoms with Gasteiger partial charge in [-0.2, -0.15) is 0 Å². The van der Waals surface area contributed by atoms with Crippen molar-refractivity contribution >= 4 is 5.95 Å². The van der Waals surface area contributed by atoms with Gasteiger partial charge in [-0.3, -0.25) is 0 Å². The highest BCUT2D eigenvalue weighted by Gasteiger charge is 2.17. The van der Waals surface area contributed by atoms with Gasteiger partial charge in [-0.1, -0.05) is 43.5 Å². The van der Waals surface area contributed by atoms with E-state index in [0.29, 0.717) is 6.04 Å². The van der Waals surface area contributed by atoms with E-state index in [-0.39, 0.29) is 0 Å². The molecule has 1 aromatic heterocycles. The summed E-state index contributed by atoms with van der Waals surface area (Å²) in [6.07, 6.45) is 11.8. The van der Waals surface area contributed by atoms with E-state index in [0.717, 1.165) is 18.9 Å². The molecular formula is C18H25N3. The predicted molar refractivity (Wildman–Crippen MR) is 87.7 cm³/mol. The molecule has 3 heteroatoms. The molecule has 0 radical (unpaired) electrons. The lowest BCUT2D eigenvalue weighted by atomic mass is 9.95. The molecule has 1 aliphatic carbocycles. The van der Waals surface area contributed by atoms with Crippen LogP contribution < -0.4 is 5.32 Å². The maximum Gasteiger partial charge on any atom is 0.203 e. The summed E-state index contributed by atoms with van der Waals surface area (Å²) in [6.45, 7) is 3.12. The molecule has 0 amide bonds. The fraction of sp³-hybridized carbons (Fsp3) is 0.500. The van der Waals surface area contributed by atoms with Crippen molar-refractivity contribution in [2.24, 2.45) is 0 Å². The maximum absolute atomic E-state index is 4.50. The molecule has 112 valence electrons. The number of imidazole rings is 1. The second-order valence-electron chi connectivity index (χ2n) is 6.05. The van der Waals surface area contributed by atoms with Crippen LogP contribution in [0.4, 0.5) is 5.95 Å². The first-order valence-corrected chi connectivity index (χ1v) is 8.16. The first kappa shape index (κ1) is 14.2. The van der Waals surface area contributed by atoms with E-state index in [2.05, 4.69) is 52.3 Å². The highest BCUT2D eigenvalue weighted by molar-refractivity contribution is 5.30. The lowest BCUT2D eigenvalue weighted by Gasteiger charge is -2.24. The van der Waals surface area contributed by atoms with Crippen LogP contribution in [0.5, 0.6) is 0 Å². The number of hydrogen-bond acceptors (Lipinski definition) is 2. The van der Waals surface area contributed by atoms with Gasteiger partial charge in [0, 0.05) is 25.0 Å². The Hall–Kier alpha value is -1.77. The molecule has 0 bridgehead atoms. The van der Waals surface area contributed by atoms with E-state index in [1.54, 1.807) is 0 Å². The van der Waals surface area contributed by atoms with Crippen LogP contribution in [0.1, 0.15) is 49.3 Å². The van der Waals surface area contributed by atoms with Gasteiger partial charge in [-0.25, -0.2) is 4.98 Å². The van der Waals surface area contributed by atoms with Crippen molar-refractivity contribution in [3.05, 3.63) is 47.8 Å². The molecule has 0 atom stereocenters. The summed E-state index contributed by atoms with van der Waals surface area (Å²) in [5.41, 5.74) is 2.79. The van der Waals surface area contributed by atoms with Crippen molar-refractivity contribution in [2.75, 3.05) is 11.9 Å². The third-order valence-corrected chi connectivity index (χ3v) is 4.58. The van der Waals surface area contributed by atoms with Crippen LogP contribution in [-0.2, 0) is 6.42 Å². The minimum atomic E-state index is 0.641. The molecule has 1 fully saturated rings. The Morgan fingerprint density at radius 3 is 2.81 bits per heavy atom. The van der Waals surface area contributed by atoms with Crippen molar-refractivity contribution in [1.82, 2.24) is 9.55 Å². The topological polar surface area (TPSA) is 29.9 Å². The van der Waals surface area contributed by atoms with E-state index >= 15 is 0 Å². The van der Waals surface area contributed by atoms with Gasteiger partial charge in [-0.05, 0) is 37.3 Å². The normalized spacial score (nSPS) is 16.0. The number of nitrogens with one attached hydrogen (secondary N) is 1. The molecule has 1 saturated carbocycles. The van der Waals surface area contributed by atoms with E-state index in [9.17, 15) is 0 Å². The number of hydrogen-bond donors (Lipinski definition) is 1. The van der Waals surface area contributed by atoms with Crippen LogP contribution in [0.3, 0.4) is 0 Å². The number of benzene rings is 1. The highest BCUT2D eigenvalue weighted by atomic mass is 15.2. The van der Waals surface area contributed by atoms with Gasteiger partial charge in [0.15, 0.2) is 0 Å². The minimum Gasteiger partial charge on any atom is -0.355 e. The number of anilines is 1. The SMILES string of the molecule is Cc1ccccc1CCNc1nccn1C1CCCCC1. The van der Waals surface area contributed by atoms with E-state index in [1.807, 2.05) is 6.20 Å². The fourth-order valence-corrected chi connectivity index (χ4v) is 3.30. The standard InChI is InChI=1S/C18H25N3/c1-15-7-5-6-8-16(15)11-12-19-18-20-13-14-21(18)17-9-3-2-4-10-17/h5-8,13-14,17H,2-4,9-12H2,1H3,(H,19,20). The zero-order chi connectivity index (χ0) is 14.5. The molecule has 3 nitrogen and oxygen atoms in total. The van der Waals surface area contributed by atoms with Crippen molar-refractivity contribution < 1.29 is 0 Å². The largest absolute Gasteiger partial charge is 0.355 e. The van der Waals surface area contributed by atoms with Crippen LogP contribution in [0.15, 0.2) is 36.7 Å². The summed E-state index contributed by atoms with van der Waals surface area (Å²) in [6, 6.07) is 9.25. The molecule has 21 heavy (non-hydrogen) atoms. The Labute approximate surface area is 127 Å². The monoisotopic (exact) mass is 283 g/mol. The molecular weight excluding hydrogens is 258 g/mol. The third kappa shape index (κ3) is 3.46. The Morgan fingerprint density at radius 1 is 1.19 bits per heavy atom. The molecule has 0 unspecified atom stereocenters. The summed E-state index contributed by atoms with van der Waals surface area (Å²) in [7, 11) is 0. The molecule has 1 N–H and O–H groups in total. The molecule has 0 spiro atoms. The second kappa shape index (κ2) is 6.79. The number of aryl methyl sites for hydroxylation is 1. The first-order valence-electron chi connectivity index (χ1n) is 8.16. The summed E-state index contributed by atoms with van der Waals surface area (Å²) in [5, 5.41) is 3.52. The average molecular weight is 283 g/mol. The van der Waals surface area contributed by atoms with Crippen molar-refractivity contribution in [3.8, 4) is 0 Å². The first-order chi connectivity index (χ1) is 10.3. The zero-order valence-electron chi connectivity index (χ0n) is 12.9. The Balaban J connectivity index is 1.58. The van der Waals surface area contributed by atoms with Crippen molar-refractivity contribution in [1.29, 1.82) is 0 Å². The molecule has 0 aliphatic heterocycles. The number of nitrogens with zero attached hydrogens (tertiary/aromatic N) is 2. The van der Waals surface area contributed by atoms with Crippen LogP contribution in [0.25, 0.3) is 0 Å². The fourth-order valence-electron chi connectivity index (χ4n) is 3.30. The Kier molecular flexibility index (Phi) is 4.59. The maximum atomic E-state index is 4.50. The second-order valence-corrected chi connectivity index (χ2v) is 6.05. The van der Waals surface area contributed by atoms with Crippen LogP contribution in [0.2, 0.25) is 0 Å². The molecule has 0 saturated heterocycles. The van der Waals surface area contributed by atoms with Gasteiger partial charge in [0.05, 0.1) is 0 Å². The van der Waals surface area contributed by atoms with E-state index < -0.39 is 0 Å². The van der Waals surface area contributed by atoms with Crippen LogP contribution in [0, 0.1) is 6.92 Å². The summed E-state index contributed by atoms with van der Waals surface area (Å²) in [4.78, 5) is 4.50. The highest BCUT2D eigenvalue weighted by Crippen LogP contribution is 2.30. The molecule has 2 aromatic rings. The van der Waals surface area contributed by atoms with Crippen molar-refractivity contribution in [3.63, 3.8) is 0 Å². The van der Waals surface area contributed by atoms with Gasteiger partial charge in [0.25, 0.3) is 0 Å². The quantitative estimate of drug-likeness (QED) is 0.884. The molecule has 1 heterocycles. The predicted octanol–water partition coefficient (Wildman–Crippen LogP) is 4.35. The summed E-state index contributed by atoms with van der Waals surface area (Å²) >= 11 is 0. The van der Waals surface area contributed by atoms with Gasteiger partial charge in [0.1, 0.15) is 0 Å². The van der Waals surface area contributed by atoms with Gasteiger partial charge < -0.3 is 9.88 Å². The lowest BCUT2D eigenvalue weighted by Crippen LogP contribution is -2.16. The van der Waals surface area contributed by atoms with Gasteiger partial charge >= 0.3 is 0 Å². The summed E-state index contributed by atoms with van der Waals surface area (Å²) < 4.78 is 2.34. The lowest BCUT2D eigenvalue weighted by molar-refractivity contribution is 0.356. The average Bonchev–Trinajstić information content (AvgIpc) is 2.99. The molecule has 3 rings (SSSR count). The number of aromatic nitrogens is 2. The Morgan fingerprint density at radius 2 is 2.00 bits per heavy atom. The number of rotatable bonds is 5. The van der Waals surface area contributed by atoms with Crippen LogP contribution in [-0.4, -0.2) is 16.1 Å². The van der Waals surface area contributed by atoms with Crippen molar-refractivity contribution in [2.45, 2.75) is 51.5 Å².